The molecule has 0 aliphatic heterocycles. The Morgan fingerprint density at radius 2 is 2.11 bits per heavy atom. The summed E-state index contributed by atoms with van der Waals surface area (Å²) in [5.74, 6) is 0.0808. The van der Waals surface area contributed by atoms with Crippen LogP contribution in [-0.4, -0.2) is 31.7 Å². The van der Waals surface area contributed by atoms with Crippen LogP contribution in [0, 0.1) is 0 Å². The van der Waals surface area contributed by atoms with Crippen LogP contribution in [-0.2, 0) is 13.1 Å². The van der Waals surface area contributed by atoms with E-state index in [1.807, 2.05) is 0 Å². The fourth-order valence-corrected chi connectivity index (χ4v) is 1.58. The molecule has 1 heterocycles. The van der Waals surface area contributed by atoms with E-state index >= 15 is 0 Å². The summed E-state index contributed by atoms with van der Waals surface area (Å²) in [6.45, 7) is 0.920. The highest BCUT2D eigenvalue weighted by molar-refractivity contribution is 5.44. The topological polar surface area (TPSA) is 90.5 Å². The van der Waals surface area contributed by atoms with Gasteiger partial charge < -0.3 is 20.6 Å². The first kappa shape index (κ1) is 12.3. The smallest absolute Gasteiger partial charge is 0.124 e. The first-order valence-corrected chi connectivity index (χ1v) is 5.57. The molecule has 96 valence electrons. The minimum atomic E-state index is 0.0343. The number of phenols is 2. The molecule has 0 spiro atoms. The van der Waals surface area contributed by atoms with Gasteiger partial charge in [0.25, 0.3) is 0 Å². The number of rotatable bonds is 5. The second-order valence-electron chi connectivity index (χ2n) is 3.88. The van der Waals surface area contributed by atoms with Crippen LogP contribution in [0.3, 0.4) is 0 Å². The Labute approximate surface area is 104 Å². The number of aromatic hydroxyl groups is 2. The van der Waals surface area contributed by atoms with Gasteiger partial charge >= 0.3 is 0 Å². The Balaban J connectivity index is 1.97. The molecule has 6 heteroatoms. The van der Waals surface area contributed by atoms with Gasteiger partial charge in [0.2, 0.25) is 0 Å². The molecule has 4 N–H and O–H groups in total. The number of aliphatic hydroxyl groups is 1. The first-order valence-electron chi connectivity index (χ1n) is 5.57. The predicted octanol–water partition coefficient (Wildman–Crippen LogP) is 0.899. The largest absolute Gasteiger partial charge is 0.508 e. The zero-order valence-electron chi connectivity index (χ0n) is 9.74. The number of anilines is 1. The van der Waals surface area contributed by atoms with Crippen molar-refractivity contribution in [3.63, 3.8) is 0 Å². The normalized spacial score (nSPS) is 10.5. The summed E-state index contributed by atoms with van der Waals surface area (Å²) in [7, 11) is 0. The van der Waals surface area contributed by atoms with Crippen molar-refractivity contribution in [2.45, 2.75) is 13.1 Å². The minimum Gasteiger partial charge on any atom is -0.508 e. The lowest BCUT2D eigenvalue weighted by Crippen LogP contribution is -2.02. The van der Waals surface area contributed by atoms with Crippen LogP contribution in [0.1, 0.15) is 5.56 Å². The molecular formula is C12H15N3O3. The second kappa shape index (κ2) is 5.42. The van der Waals surface area contributed by atoms with E-state index in [2.05, 4.69) is 10.4 Å². The average Bonchev–Trinajstić information content (AvgIpc) is 2.76. The van der Waals surface area contributed by atoms with E-state index in [0.29, 0.717) is 18.7 Å². The Bertz CT molecular complexity index is 525. The van der Waals surface area contributed by atoms with E-state index in [-0.39, 0.29) is 18.1 Å². The van der Waals surface area contributed by atoms with Crippen molar-refractivity contribution < 1.29 is 15.3 Å². The van der Waals surface area contributed by atoms with Crippen molar-refractivity contribution in [1.82, 2.24) is 9.78 Å². The lowest BCUT2D eigenvalue weighted by atomic mass is 10.2. The highest BCUT2D eigenvalue weighted by Gasteiger charge is 2.03. The van der Waals surface area contributed by atoms with Gasteiger partial charge in [0.1, 0.15) is 11.5 Å². The summed E-state index contributed by atoms with van der Waals surface area (Å²) >= 11 is 0. The third kappa shape index (κ3) is 2.92. The number of hydrogen-bond acceptors (Lipinski definition) is 5. The van der Waals surface area contributed by atoms with Crippen LogP contribution in [0.15, 0.2) is 30.6 Å². The highest BCUT2D eigenvalue weighted by atomic mass is 16.3. The number of nitrogens with one attached hydrogen (secondary N) is 1. The molecule has 18 heavy (non-hydrogen) atoms. The molecule has 0 fully saturated rings. The van der Waals surface area contributed by atoms with Crippen LogP contribution >= 0.6 is 0 Å². The van der Waals surface area contributed by atoms with E-state index in [1.165, 1.54) is 12.1 Å². The number of aromatic nitrogens is 2. The van der Waals surface area contributed by atoms with E-state index in [4.69, 9.17) is 10.2 Å². The molecule has 0 unspecified atom stereocenters. The van der Waals surface area contributed by atoms with Gasteiger partial charge in [-0.3, -0.25) is 4.68 Å². The maximum Gasteiger partial charge on any atom is 0.124 e. The van der Waals surface area contributed by atoms with Crippen molar-refractivity contribution in [2.24, 2.45) is 0 Å². The van der Waals surface area contributed by atoms with E-state index < -0.39 is 0 Å². The van der Waals surface area contributed by atoms with Crippen molar-refractivity contribution in [1.29, 1.82) is 0 Å². The maximum absolute atomic E-state index is 9.60. The van der Waals surface area contributed by atoms with Gasteiger partial charge in [0, 0.05) is 24.4 Å². The molecule has 1 aromatic carbocycles. The van der Waals surface area contributed by atoms with Crippen molar-refractivity contribution in [3.8, 4) is 11.5 Å². The molecule has 6 nitrogen and oxygen atoms in total. The number of hydrogen-bond donors (Lipinski definition) is 4. The van der Waals surface area contributed by atoms with Gasteiger partial charge in [-0.15, -0.1) is 0 Å². The van der Waals surface area contributed by atoms with Gasteiger partial charge in [-0.05, 0) is 12.1 Å². The second-order valence-corrected chi connectivity index (χ2v) is 3.88. The molecule has 0 atom stereocenters. The van der Waals surface area contributed by atoms with E-state index in [9.17, 15) is 5.11 Å². The first-order chi connectivity index (χ1) is 8.69. The quantitative estimate of drug-likeness (QED) is 0.632. The molecule has 0 saturated heterocycles. The Morgan fingerprint density at radius 1 is 1.28 bits per heavy atom. The number of benzene rings is 1. The molecule has 0 radical (unpaired) electrons. The molecule has 0 aliphatic rings. The number of nitrogens with zero attached hydrogens (tertiary/aromatic N) is 2. The van der Waals surface area contributed by atoms with E-state index in [1.54, 1.807) is 23.1 Å². The molecule has 0 aliphatic carbocycles. The maximum atomic E-state index is 9.60. The van der Waals surface area contributed by atoms with Gasteiger partial charge in [-0.25, -0.2) is 0 Å². The van der Waals surface area contributed by atoms with Gasteiger partial charge in [0.05, 0.1) is 25.0 Å². The van der Waals surface area contributed by atoms with Crippen molar-refractivity contribution in [3.05, 3.63) is 36.2 Å². The highest BCUT2D eigenvalue weighted by Crippen LogP contribution is 2.23. The standard InChI is InChI=1S/C12H15N3O3/c16-4-3-15-8-10(7-14-15)13-6-9-1-2-11(17)5-12(9)18/h1-2,5,7-8,13,16-18H,3-4,6H2. The summed E-state index contributed by atoms with van der Waals surface area (Å²) in [4.78, 5) is 0. The molecule has 0 saturated carbocycles. The SMILES string of the molecule is OCCn1cc(NCc2ccc(O)cc2O)cn1. The molecule has 2 aromatic rings. The van der Waals surface area contributed by atoms with Crippen LogP contribution in [0.4, 0.5) is 5.69 Å². The molecule has 1 aromatic heterocycles. The van der Waals surface area contributed by atoms with Gasteiger partial charge in [0.15, 0.2) is 0 Å². The van der Waals surface area contributed by atoms with Crippen LogP contribution in [0.25, 0.3) is 0 Å². The molecule has 0 bridgehead atoms. The zero-order chi connectivity index (χ0) is 13.0. The Hall–Kier alpha value is -2.21. The van der Waals surface area contributed by atoms with Crippen LogP contribution < -0.4 is 5.32 Å². The lowest BCUT2D eigenvalue weighted by Gasteiger charge is -2.06. The van der Waals surface area contributed by atoms with Crippen molar-refractivity contribution in [2.75, 3.05) is 11.9 Å². The minimum absolute atomic E-state index is 0.0343. The number of phenolic OH excluding ortho intramolecular Hbond substituents is 2. The predicted molar refractivity (Wildman–Crippen MR) is 66.4 cm³/mol. The van der Waals surface area contributed by atoms with Gasteiger partial charge in [-0.2, -0.15) is 5.10 Å². The molecule has 0 amide bonds. The van der Waals surface area contributed by atoms with Crippen molar-refractivity contribution >= 4 is 5.69 Å². The third-order valence-corrected chi connectivity index (χ3v) is 2.51. The average molecular weight is 249 g/mol. The summed E-state index contributed by atoms with van der Waals surface area (Å²) in [5, 5.41) is 34.7. The van der Waals surface area contributed by atoms with Gasteiger partial charge in [-0.1, -0.05) is 0 Å². The molecule has 2 rings (SSSR count). The Kier molecular flexibility index (Phi) is 3.69. The molecular weight excluding hydrogens is 234 g/mol. The fraction of sp³-hybridized carbons (Fsp3) is 0.250. The van der Waals surface area contributed by atoms with Crippen LogP contribution in [0.5, 0.6) is 11.5 Å². The lowest BCUT2D eigenvalue weighted by molar-refractivity contribution is 0.269. The summed E-state index contributed by atoms with van der Waals surface area (Å²) in [6.07, 6.45) is 3.42. The summed E-state index contributed by atoms with van der Waals surface area (Å²) < 4.78 is 1.62. The summed E-state index contributed by atoms with van der Waals surface area (Å²) in [5.41, 5.74) is 1.48. The Morgan fingerprint density at radius 3 is 2.83 bits per heavy atom. The van der Waals surface area contributed by atoms with E-state index in [0.717, 1.165) is 5.69 Å². The summed E-state index contributed by atoms with van der Waals surface area (Å²) in [6, 6.07) is 4.47. The zero-order valence-corrected chi connectivity index (χ0v) is 9.74. The monoisotopic (exact) mass is 249 g/mol. The number of aliphatic hydroxyl groups excluding tert-OH is 1. The fourth-order valence-electron chi connectivity index (χ4n) is 1.58. The van der Waals surface area contributed by atoms with Crippen LogP contribution in [0.2, 0.25) is 0 Å². The third-order valence-electron chi connectivity index (χ3n) is 2.51.